The van der Waals surface area contributed by atoms with Crippen molar-refractivity contribution < 1.29 is 19.4 Å². The second-order valence-corrected chi connectivity index (χ2v) is 2.05. The van der Waals surface area contributed by atoms with E-state index in [0.29, 0.717) is 0 Å². The Morgan fingerprint density at radius 2 is 2.27 bits per heavy atom. The van der Waals surface area contributed by atoms with E-state index < -0.39 is 18.0 Å². The monoisotopic (exact) mass is 158 g/mol. The third kappa shape index (κ3) is 5.14. The molecule has 0 aromatic rings. The Hall–Kier alpha value is -1.32. The lowest BCUT2D eigenvalue weighted by atomic mass is 10.3. The van der Waals surface area contributed by atoms with E-state index in [2.05, 4.69) is 11.3 Å². The van der Waals surface area contributed by atoms with E-state index in [0.717, 1.165) is 6.08 Å². The SMILES string of the molecule is C=CC(=O)OC(C)CC(=O)O. The smallest absolute Gasteiger partial charge is 0.330 e. The van der Waals surface area contributed by atoms with Crippen molar-refractivity contribution in [1.82, 2.24) is 0 Å². The summed E-state index contributed by atoms with van der Waals surface area (Å²) >= 11 is 0. The first-order valence-corrected chi connectivity index (χ1v) is 3.11. The summed E-state index contributed by atoms with van der Waals surface area (Å²) < 4.78 is 4.57. The molecule has 0 fully saturated rings. The fourth-order valence-corrected chi connectivity index (χ4v) is 0.534. The van der Waals surface area contributed by atoms with Crippen molar-refractivity contribution in [1.29, 1.82) is 0 Å². The summed E-state index contributed by atoms with van der Waals surface area (Å²) in [4.78, 5) is 20.5. The minimum absolute atomic E-state index is 0.181. The zero-order valence-corrected chi connectivity index (χ0v) is 6.24. The van der Waals surface area contributed by atoms with E-state index in [1.807, 2.05) is 0 Å². The highest BCUT2D eigenvalue weighted by Gasteiger charge is 2.09. The van der Waals surface area contributed by atoms with Gasteiger partial charge in [-0.05, 0) is 6.92 Å². The van der Waals surface area contributed by atoms with Gasteiger partial charge in [-0.3, -0.25) is 4.79 Å². The van der Waals surface area contributed by atoms with E-state index in [-0.39, 0.29) is 6.42 Å². The van der Waals surface area contributed by atoms with E-state index in [1.165, 1.54) is 6.92 Å². The molecule has 0 rings (SSSR count). The van der Waals surface area contributed by atoms with E-state index >= 15 is 0 Å². The van der Waals surface area contributed by atoms with Gasteiger partial charge >= 0.3 is 11.9 Å². The van der Waals surface area contributed by atoms with Gasteiger partial charge < -0.3 is 9.84 Å². The number of aliphatic carboxylic acids is 1. The van der Waals surface area contributed by atoms with Gasteiger partial charge in [-0.2, -0.15) is 0 Å². The summed E-state index contributed by atoms with van der Waals surface area (Å²) in [6.07, 6.45) is 0.218. The first kappa shape index (κ1) is 9.68. The van der Waals surface area contributed by atoms with Gasteiger partial charge in [0, 0.05) is 6.08 Å². The Balaban J connectivity index is 3.68. The molecule has 0 aromatic heterocycles. The van der Waals surface area contributed by atoms with Crippen molar-refractivity contribution in [2.45, 2.75) is 19.4 Å². The molecule has 0 amide bonds. The van der Waals surface area contributed by atoms with Crippen LogP contribution in [0.5, 0.6) is 0 Å². The Labute approximate surface area is 64.5 Å². The quantitative estimate of drug-likeness (QED) is 0.480. The van der Waals surface area contributed by atoms with E-state index in [4.69, 9.17) is 5.11 Å². The number of esters is 1. The van der Waals surface area contributed by atoms with Crippen LogP contribution in [-0.2, 0) is 14.3 Å². The molecule has 0 aliphatic carbocycles. The minimum atomic E-state index is -0.991. The van der Waals surface area contributed by atoms with Crippen LogP contribution in [0.25, 0.3) is 0 Å². The molecule has 0 bridgehead atoms. The molecule has 0 saturated carbocycles. The van der Waals surface area contributed by atoms with E-state index in [9.17, 15) is 9.59 Å². The largest absolute Gasteiger partial charge is 0.481 e. The van der Waals surface area contributed by atoms with Crippen LogP contribution in [0.1, 0.15) is 13.3 Å². The number of hydrogen-bond donors (Lipinski definition) is 1. The number of carboxylic acid groups (broad SMARTS) is 1. The number of carboxylic acids is 1. The van der Waals surface area contributed by atoms with Gasteiger partial charge in [0.05, 0.1) is 6.42 Å². The molecular weight excluding hydrogens is 148 g/mol. The summed E-state index contributed by atoms with van der Waals surface area (Å²) in [7, 11) is 0. The van der Waals surface area contributed by atoms with Crippen molar-refractivity contribution in [3.63, 3.8) is 0 Å². The number of carbonyl (C=O) groups excluding carboxylic acids is 1. The van der Waals surface area contributed by atoms with Crippen LogP contribution >= 0.6 is 0 Å². The first-order chi connectivity index (χ1) is 5.06. The van der Waals surface area contributed by atoms with Crippen LogP contribution in [0.3, 0.4) is 0 Å². The maximum atomic E-state index is 10.5. The molecule has 4 nitrogen and oxygen atoms in total. The maximum absolute atomic E-state index is 10.5. The Kier molecular flexibility index (Phi) is 3.95. The van der Waals surface area contributed by atoms with Crippen LogP contribution < -0.4 is 0 Å². The lowest BCUT2D eigenvalue weighted by molar-refractivity contribution is -0.147. The molecule has 0 aliphatic heterocycles. The van der Waals surface area contributed by atoms with Gasteiger partial charge in [0.15, 0.2) is 0 Å². The molecule has 1 unspecified atom stereocenters. The third-order valence-corrected chi connectivity index (χ3v) is 0.946. The Morgan fingerprint density at radius 3 is 2.64 bits per heavy atom. The van der Waals surface area contributed by atoms with E-state index in [1.54, 1.807) is 0 Å². The number of hydrogen-bond acceptors (Lipinski definition) is 3. The van der Waals surface area contributed by atoms with Gasteiger partial charge in [0.2, 0.25) is 0 Å². The fraction of sp³-hybridized carbons (Fsp3) is 0.429. The summed E-state index contributed by atoms with van der Waals surface area (Å²) in [6, 6.07) is 0. The molecule has 11 heavy (non-hydrogen) atoms. The Morgan fingerprint density at radius 1 is 1.73 bits per heavy atom. The summed E-state index contributed by atoms with van der Waals surface area (Å²) in [6.45, 7) is 4.68. The van der Waals surface area contributed by atoms with Gasteiger partial charge in [-0.15, -0.1) is 0 Å². The highest BCUT2D eigenvalue weighted by Crippen LogP contribution is 1.97. The minimum Gasteiger partial charge on any atom is -0.481 e. The predicted octanol–water partition coefficient (Wildman–Crippen LogP) is 0.579. The van der Waals surface area contributed by atoms with Crippen LogP contribution in [0.15, 0.2) is 12.7 Å². The van der Waals surface area contributed by atoms with Gasteiger partial charge in [-0.1, -0.05) is 6.58 Å². The van der Waals surface area contributed by atoms with Crippen molar-refractivity contribution in [2.75, 3.05) is 0 Å². The zero-order chi connectivity index (χ0) is 8.85. The molecular formula is C7H10O4. The number of ether oxygens (including phenoxy) is 1. The second-order valence-electron chi connectivity index (χ2n) is 2.05. The first-order valence-electron chi connectivity index (χ1n) is 3.11. The summed E-state index contributed by atoms with van der Waals surface area (Å²) in [5, 5.41) is 8.25. The average Bonchev–Trinajstić information content (AvgIpc) is 1.85. The normalized spacial score (nSPS) is 11.7. The highest BCUT2D eigenvalue weighted by atomic mass is 16.5. The predicted molar refractivity (Wildman–Crippen MR) is 38.0 cm³/mol. The molecule has 0 aromatic carbocycles. The van der Waals surface area contributed by atoms with Crippen LogP contribution in [-0.4, -0.2) is 23.1 Å². The van der Waals surface area contributed by atoms with Crippen molar-refractivity contribution >= 4 is 11.9 Å². The van der Waals surface area contributed by atoms with Crippen molar-refractivity contribution in [3.05, 3.63) is 12.7 Å². The molecule has 0 heterocycles. The highest BCUT2D eigenvalue weighted by molar-refractivity contribution is 5.81. The Bertz CT molecular complexity index is 173. The lowest BCUT2D eigenvalue weighted by Gasteiger charge is -2.07. The second kappa shape index (κ2) is 4.49. The zero-order valence-electron chi connectivity index (χ0n) is 6.24. The molecule has 62 valence electrons. The molecule has 0 spiro atoms. The lowest BCUT2D eigenvalue weighted by Crippen LogP contribution is -2.16. The molecule has 0 aliphatic rings. The fourth-order valence-electron chi connectivity index (χ4n) is 0.534. The van der Waals surface area contributed by atoms with Gasteiger partial charge in [0.1, 0.15) is 6.10 Å². The standard InChI is InChI=1S/C7H10O4/c1-3-7(10)11-5(2)4-6(8)9/h3,5H,1,4H2,2H3,(H,8,9). The number of carbonyl (C=O) groups is 2. The molecule has 1 N–H and O–H groups in total. The number of rotatable bonds is 4. The molecule has 0 saturated heterocycles. The third-order valence-electron chi connectivity index (χ3n) is 0.946. The maximum Gasteiger partial charge on any atom is 0.330 e. The molecule has 4 heteroatoms. The van der Waals surface area contributed by atoms with Crippen LogP contribution in [0, 0.1) is 0 Å². The molecule has 0 radical (unpaired) electrons. The average molecular weight is 158 g/mol. The topological polar surface area (TPSA) is 63.6 Å². The molecule has 1 atom stereocenters. The van der Waals surface area contributed by atoms with Gasteiger partial charge in [0.25, 0.3) is 0 Å². The van der Waals surface area contributed by atoms with Crippen LogP contribution in [0.4, 0.5) is 0 Å². The van der Waals surface area contributed by atoms with Crippen molar-refractivity contribution in [2.24, 2.45) is 0 Å². The van der Waals surface area contributed by atoms with Gasteiger partial charge in [-0.25, -0.2) is 4.79 Å². The summed E-state index contributed by atoms with van der Waals surface area (Å²) in [5.41, 5.74) is 0. The van der Waals surface area contributed by atoms with Crippen molar-refractivity contribution in [3.8, 4) is 0 Å². The van der Waals surface area contributed by atoms with Crippen LogP contribution in [0.2, 0.25) is 0 Å². The summed E-state index contributed by atoms with van der Waals surface area (Å²) in [5.74, 6) is -1.59.